The molecule has 0 bridgehead atoms. The number of carbonyl (C=O) groups is 2. The van der Waals surface area contributed by atoms with E-state index in [0.29, 0.717) is 12.8 Å². The van der Waals surface area contributed by atoms with Gasteiger partial charge in [0.1, 0.15) is 0 Å². The van der Waals surface area contributed by atoms with Crippen LogP contribution in [0.5, 0.6) is 0 Å². The lowest BCUT2D eigenvalue weighted by molar-refractivity contribution is -0.138. The Balaban J connectivity index is 1.93. The molecule has 2 rings (SSSR count). The van der Waals surface area contributed by atoms with Crippen molar-refractivity contribution >= 4 is 11.9 Å². The van der Waals surface area contributed by atoms with Gasteiger partial charge in [0.15, 0.2) is 0 Å². The van der Waals surface area contributed by atoms with E-state index in [9.17, 15) is 9.59 Å². The van der Waals surface area contributed by atoms with Crippen LogP contribution < -0.4 is 0 Å². The van der Waals surface area contributed by atoms with Crippen LogP contribution in [0, 0.1) is 0 Å². The molecular formula is C20H22O4. The van der Waals surface area contributed by atoms with Gasteiger partial charge >= 0.3 is 11.9 Å². The average Bonchev–Trinajstić information content (AvgIpc) is 2.57. The summed E-state index contributed by atoms with van der Waals surface area (Å²) in [6.45, 7) is 0. The van der Waals surface area contributed by atoms with Crippen LogP contribution in [0.1, 0.15) is 35.1 Å². The average molecular weight is 326 g/mol. The van der Waals surface area contributed by atoms with Gasteiger partial charge in [-0.15, -0.1) is 0 Å². The van der Waals surface area contributed by atoms with Gasteiger partial charge in [0, 0.05) is 12.8 Å². The third-order valence-electron chi connectivity index (χ3n) is 3.94. The van der Waals surface area contributed by atoms with Crippen molar-refractivity contribution in [3.63, 3.8) is 0 Å². The molecule has 2 aromatic carbocycles. The molecule has 0 fully saturated rings. The van der Waals surface area contributed by atoms with Crippen molar-refractivity contribution in [1.29, 1.82) is 0 Å². The molecule has 0 unspecified atom stereocenters. The Hall–Kier alpha value is -2.62. The Labute approximate surface area is 141 Å². The molecule has 4 heteroatoms. The van der Waals surface area contributed by atoms with Gasteiger partial charge in [-0.2, -0.15) is 0 Å². The summed E-state index contributed by atoms with van der Waals surface area (Å²) in [4.78, 5) is 21.3. The van der Waals surface area contributed by atoms with E-state index in [0.717, 1.165) is 24.0 Å². The van der Waals surface area contributed by atoms with E-state index in [1.54, 1.807) is 0 Å². The van der Waals surface area contributed by atoms with Crippen molar-refractivity contribution in [3.05, 3.63) is 70.8 Å². The number of aliphatic carboxylic acids is 2. The van der Waals surface area contributed by atoms with E-state index in [1.165, 1.54) is 11.1 Å². The Morgan fingerprint density at radius 1 is 0.625 bits per heavy atom. The largest absolute Gasteiger partial charge is 0.481 e. The van der Waals surface area contributed by atoms with Crippen LogP contribution in [-0.2, 0) is 35.3 Å². The van der Waals surface area contributed by atoms with Crippen LogP contribution in [-0.4, -0.2) is 22.2 Å². The highest BCUT2D eigenvalue weighted by molar-refractivity contribution is 5.67. The molecular weight excluding hydrogens is 304 g/mol. The lowest BCUT2D eigenvalue weighted by Gasteiger charge is -2.07. The summed E-state index contributed by atoms with van der Waals surface area (Å²) in [6, 6.07) is 16.1. The molecule has 0 amide bonds. The summed E-state index contributed by atoms with van der Waals surface area (Å²) >= 11 is 0. The minimum absolute atomic E-state index is 0.148. The van der Waals surface area contributed by atoms with E-state index >= 15 is 0 Å². The van der Waals surface area contributed by atoms with Crippen LogP contribution in [0.3, 0.4) is 0 Å². The van der Waals surface area contributed by atoms with Crippen molar-refractivity contribution in [2.45, 2.75) is 38.5 Å². The van der Waals surface area contributed by atoms with E-state index in [-0.39, 0.29) is 12.8 Å². The van der Waals surface area contributed by atoms with Crippen molar-refractivity contribution < 1.29 is 19.8 Å². The molecule has 0 saturated carbocycles. The first-order chi connectivity index (χ1) is 11.5. The zero-order valence-electron chi connectivity index (χ0n) is 13.6. The van der Waals surface area contributed by atoms with Gasteiger partial charge in [0.2, 0.25) is 0 Å². The molecule has 2 N–H and O–H groups in total. The lowest BCUT2D eigenvalue weighted by atomic mass is 9.99. The van der Waals surface area contributed by atoms with Crippen LogP contribution in [0.2, 0.25) is 0 Å². The van der Waals surface area contributed by atoms with Gasteiger partial charge in [-0.1, -0.05) is 48.5 Å². The van der Waals surface area contributed by atoms with Crippen LogP contribution in [0.15, 0.2) is 48.5 Å². The van der Waals surface area contributed by atoms with E-state index in [4.69, 9.17) is 10.2 Å². The standard InChI is InChI=1S/C20H22O4/c21-19(22)11-9-17-5-1-3-15(13-17)7-8-16-4-2-6-18(14-16)10-12-20(23)24/h1-6,13-14H,7-12H2,(H,21,22)(H,23,24). The molecule has 2 aromatic rings. The first-order valence-electron chi connectivity index (χ1n) is 8.12. The second-order valence-corrected chi connectivity index (χ2v) is 5.93. The molecule has 0 spiro atoms. The van der Waals surface area contributed by atoms with Gasteiger partial charge in [0.05, 0.1) is 0 Å². The van der Waals surface area contributed by atoms with Gasteiger partial charge in [0.25, 0.3) is 0 Å². The summed E-state index contributed by atoms with van der Waals surface area (Å²) in [7, 11) is 0. The highest BCUT2D eigenvalue weighted by atomic mass is 16.4. The fourth-order valence-electron chi connectivity index (χ4n) is 2.67. The zero-order chi connectivity index (χ0) is 17.4. The highest BCUT2D eigenvalue weighted by Crippen LogP contribution is 2.13. The second-order valence-electron chi connectivity index (χ2n) is 5.93. The maximum Gasteiger partial charge on any atom is 0.303 e. The molecule has 0 saturated heterocycles. The Morgan fingerprint density at radius 3 is 1.29 bits per heavy atom. The number of benzene rings is 2. The monoisotopic (exact) mass is 326 g/mol. The Kier molecular flexibility index (Phi) is 6.55. The number of hydrogen-bond acceptors (Lipinski definition) is 2. The fourth-order valence-corrected chi connectivity index (χ4v) is 2.67. The summed E-state index contributed by atoms with van der Waals surface area (Å²) in [5.74, 6) is -1.56. The summed E-state index contributed by atoms with van der Waals surface area (Å²) < 4.78 is 0. The molecule has 0 atom stereocenters. The van der Waals surface area contributed by atoms with Crippen molar-refractivity contribution in [3.8, 4) is 0 Å². The van der Waals surface area contributed by atoms with Gasteiger partial charge in [-0.25, -0.2) is 0 Å². The SMILES string of the molecule is O=C(O)CCc1cccc(CCc2cccc(CCC(=O)O)c2)c1. The minimum atomic E-state index is -0.779. The number of rotatable bonds is 9. The first kappa shape index (κ1) is 17.7. The lowest BCUT2D eigenvalue weighted by Crippen LogP contribution is -1.99. The van der Waals surface area contributed by atoms with Crippen LogP contribution >= 0.6 is 0 Å². The van der Waals surface area contributed by atoms with Crippen molar-refractivity contribution in [2.75, 3.05) is 0 Å². The molecule has 24 heavy (non-hydrogen) atoms. The smallest absolute Gasteiger partial charge is 0.303 e. The van der Waals surface area contributed by atoms with Gasteiger partial charge in [-0.3, -0.25) is 9.59 Å². The highest BCUT2D eigenvalue weighted by Gasteiger charge is 2.03. The maximum atomic E-state index is 10.7. The predicted octanol–water partition coefficient (Wildman–Crippen LogP) is 3.51. The minimum Gasteiger partial charge on any atom is -0.481 e. The molecule has 126 valence electrons. The van der Waals surface area contributed by atoms with E-state index in [2.05, 4.69) is 24.3 Å². The molecule has 0 aliphatic rings. The second kappa shape index (κ2) is 8.87. The quantitative estimate of drug-likeness (QED) is 0.739. The summed E-state index contributed by atoms with van der Waals surface area (Å²) in [6.07, 6.45) is 3.15. The third-order valence-corrected chi connectivity index (χ3v) is 3.94. The van der Waals surface area contributed by atoms with Gasteiger partial charge < -0.3 is 10.2 Å². The molecule has 0 aromatic heterocycles. The fraction of sp³-hybridized carbons (Fsp3) is 0.300. The van der Waals surface area contributed by atoms with E-state index < -0.39 is 11.9 Å². The van der Waals surface area contributed by atoms with E-state index in [1.807, 2.05) is 24.3 Å². The Morgan fingerprint density at radius 2 is 0.958 bits per heavy atom. The third kappa shape index (κ3) is 6.24. The molecule has 0 aliphatic heterocycles. The molecule has 0 radical (unpaired) electrons. The van der Waals surface area contributed by atoms with Gasteiger partial charge in [-0.05, 0) is 47.9 Å². The van der Waals surface area contributed by atoms with Crippen molar-refractivity contribution in [1.82, 2.24) is 0 Å². The maximum absolute atomic E-state index is 10.7. The Bertz CT molecular complexity index is 645. The number of carboxylic acid groups (broad SMARTS) is 2. The molecule has 4 nitrogen and oxygen atoms in total. The van der Waals surface area contributed by atoms with Crippen LogP contribution in [0.25, 0.3) is 0 Å². The zero-order valence-corrected chi connectivity index (χ0v) is 13.6. The van der Waals surface area contributed by atoms with Crippen LogP contribution in [0.4, 0.5) is 0 Å². The molecule has 0 aliphatic carbocycles. The predicted molar refractivity (Wildman–Crippen MR) is 92.2 cm³/mol. The first-order valence-corrected chi connectivity index (χ1v) is 8.12. The summed E-state index contributed by atoms with van der Waals surface area (Å²) in [5.41, 5.74) is 4.47. The van der Waals surface area contributed by atoms with Crippen molar-refractivity contribution in [2.24, 2.45) is 0 Å². The topological polar surface area (TPSA) is 74.6 Å². The number of aryl methyl sites for hydroxylation is 4. The number of hydrogen-bond donors (Lipinski definition) is 2. The summed E-state index contributed by atoms with van der Waals surface area (Å²) in [5, 5.41) is 17.5. The number of carboxylic acids is 2. The molecule has 0 heterocycles. The normalized spacial score (nSPS) is 10.5.